The minimum Gasteiger partial charge on any atom is -0.347 e. The molecule has 0 unspecified atom stereocenters. The summed E-state index contributed by atoms with van der Waals surface area (Å²) in [5.74, 6) is 0.600. The average molecular weight is 302 g/mol. The summed E-state index contributed by atoms with van der Waals surface area (Å²) in [5.41, 5.74) is 0. The zero-order valence-electron chi connectivity index (χ0n) is 11.4. The molecule has 3 rings (SSSR count). The van der Waals surface area contributed by atoms with Gasteiger partial charge in [0.05, 0.1) is 11.4 Å². The molecule has 1 N–H and O–H groups in total. The number of nitrogens with zero attached hydrogens (tertiary/aromatic N) is 3. The van der Waals surface area contributed by atoms with Gasteiger partial charge in [-0.15, -0.1) is 0 Å². The van der Waals surface area contributed by atoms with Crippen molar-refractivity contribution in [2.75, 3.05) is 7.05 Å². The second-order valence-corrected chi connectivity index (χ2v) is 6.66. The molecular formula is C14H14N4O2S. The first kappa shape index (κ1) is 13.7. The van der Waals surface area contributed by atoms with Gasteiger partial charge in [0.1, 0.15) is 5.82 Å². The number of nitrogens with one attached hydrogen (secondary N) is 1. The predicted octanol–water partition coefficient (Wildman–Crippen LogP) is 1.78. The summed E-state index contributed by atoms with van der Waals surface area (Å²) in [6.45, 7) is 0.191. The number of pyridine rings is 1. The van der Waals surface area contributed by atoms with Gasteiger partial charge in [-0.1, -0.05) is 12.1 Å². The van der Waals surface area contributed by atoms with Crippen LogP contribution >= 0.6 is 0 Å². The Morgan fingerprint density at radius 2 is 2.10 bits per heavy atom. The molecule has 0 radical (unpaired) electrons. The van der Waals surface area contributed by atoms with E-state index in [1.165, 1.54) is 11.4 Å². The normalized spacial score (nSPS) is 12.1. The van der Waals surface area contributed by atoms with Gasteiger partial charge >= 0.3 is 0 Å². The van der Waals surface area contributed by atoms with Crippen LogP contribution in [0.4, 0.5) is 0 Å². The van der Waals surface area contributed by atoms with E-state index in [9.17, 15) is 8.42 Å². The van der Waals surface area contributed by atoms with Gasteiger partial charge in [-0.3, -0.25) is 4.98 Å². The number of benzene rings is 1. The van der Waals surface area contributed by atoms with Crippen molar-refractivity contribution >= 4 is 20.8 Å². The number of rotatable bonds is 4. The standard InChI is InChI=1S/C14H14N4O2S/c1-18(10-14-16-7-8-17-14)21(19,20)13-4-2-3-11-9-15-6-5-12(11)13/h2-9H,10H2,1H3,(H,16,17). The molecule has 21 heavy (non-hydrogen) atoms. The van der Waals surface area contributed by atoms with Crippen LogP contribution in [0.1, 0.15) is 5.82 Å². The van der Waals surface area contributed by atoms with Gasteiger partial charge in [0.25, 0.3) is 0 Å². The molecular weight excluding hydrogens is 288 g/mol. The van der Waals surface area contributed by atoms with E-state index >= 15 is 0 Å². The van der Waals surface area contributed by atoms with Crippen molar-refractivity contribution in [3.63, 3.8) is 0 Å². The van der Waals surface area contributed by atoms with E-state index in [1.807, 2.05) is 6.07 Å². The molecule has 0 bridgehead atoms. The quantitative estimate of drug-likeness (QED) is 0.796. The van der Waals surface area contributed by atoms with Gasteiger partial charge in [-0.25, -0.2) is 13.4 Å². The summed E-state index contributed by atoms with van der Waals surface area (Å²) >= 11 is 0. The molecule has 7 heteroatoms. The highest BCUT2D eigenvalue weighted by atomic mass is 32.2. The van der Waals surface area contributed by atoms with Gasteiger partial charge in [-0.05, 0) is 12.1 Å². The summed E-state index contributed by atoms with van der Waals surface area (Å²) in [7, 11) is -2.06. The molecule has 2 aromatic heterocycles. The lowest BCUT2D eigenvalue weighted by Gasteiger charge is -2.17. The number of H-pyrrole nitrogens is 1. The Morgan fingerprint density at radius 3 is 2.86 bits per heavy atom. The van der Waals surface area contributed by atoms with Crippen molar-refractivity contribution in [1.29, 1.82) is 0 Å². The van der Waals surface area contributed by atoms with E-state index in [4.69, 9.17) is 0 Å². The second kappa shape index (κ2) is 5.27. The average Bonchev–Trinajstić information content (AvgIpc) is 2.99. The fourth-order valence-electron chi connectivity index (χ4n) is 2.17. The van der Waals surface area contributed by atoms with Crippen LogP contribution in [-0.4, -0.2) is 34.7 Å². The Hall–Kier alpha value is -2.25. The SMILES string of the molecule is CN(Cc1ncc[nH]1)S(=O)(=O)c1cccc2cnccc12. The van der Waals surface area contributed by atoms with Crippen molar-refractivity contribution in [3.05, 3.63) is 54.9 Å². The van der Waals surface area contributed by atoms with E-state index < -0.39 is 10.0 Å². The third-order valence-corrected chi connectivity index (χ3v) is 5.12. The topological polar surface area (TPSA) is 79.0 Å². The van der Waals surface area contributed by atoms with Gasteiger partial charge in [0.15, 0.2) is 0 Å². The van der Waals surface area contributed by atoms with Crippen LogP contribution in [0, 0.1) is 0 Å². The molecule has 0 atom stereocenters. The Labute approximate surface area is 122 Å². The van der Waals surface area contributed by atoms with E-state index in [2.05, 4.69) is 15.0 Å². The van der Waals surface area contributed by atoms with Crippen LogP contribution in [0.25, 0.3) is 10.8 Å². The summed E-state index contributed by atoms with van der Waals surface area (Å²) in [4.78, 5) is 11.2. The molecule has 0 aliphatic rings. The molecule has 6 nitrogen and oxygen atoms in total. The highest BCUT2D eigenvalue weighted by Crippen LogP contribution is 2.24. The van der Waals surface area contributed by atoms with Crippen molar-refractivity contribution in [2.24, 2.45) is 0 Å². The molecule has 0 amide bonds. The second-order valence-electron chi connectivity index (χ2n) is 4.65. The van der Waals surface area contributed by atoms with Crippen LogP contribution in [0.2, 0.25) is 0 Å². The number of imidazole rings is 1. The first-order valence-corrected chi connectivity index (χ1v) is 7.80. The lowest BCUT2D eigenvalue weighted by molar-refractivity contribution is 0.459. The molecule has 0 saturated carbocycles. The van der Waals surface area contributed by atoms with E-state index in [1.54, 1.807) is 43.0 Å². The van der Waals surface area contributed by atoms with Gasteiger partial charge in [0, 0.05) is 42.6 Å². The smallest absolute Gasteiger partial charge is 0.243 e. The fourth-order valence-corrected chi connectivity index (χ4v) is 3.51. The molecule has 0 aliphatic heterocycles. The summed E-state index contributed by atoms with van der Waals surface area (Å²) in [5, 5.41) is 1.46. The van der Waals surface area contributed by atoms with E-state index in [-0.39, 0.29) is 11.4 Å². The highest BCUT2D eigenvalue weighted by Gasteiger charge is 2.23. The Morgan fingerprint density at radius 1 is 1.24 bits per heavy atom. The molecule has 0 saturated heterocycles. The van der Waals surface area contributed by atoms with E-state index in [0.29, 0.717) is 11.2 Å². The molecule has 1 aromatic carbocycles. The monoisotopic (exact) mass is 302 g/mol. The minimum absolute atomic E-state index is 0.191. The number of aromatic nitrogens is 3. The maximum Gasteiger partial charge on any atom is 0.243 e. The number of aromatic amines is 1. The summed E-state index contributed by atoms with van der Waals surface area (Å²) in [6, 6.07) is 6.88. The van der Waals surface area contributed by atoms with Crippen LogP contribution in [-0.2, 0) is 16.6 Å². The molecule has 0 spiro atoms. The first-order valence-electron chi connectivity index (χ1n) is 6.36. The van der Waals surface area contributed by atoms with Gasteiger partial charge < -0.3 is 4.98 Å². The molecule has 0 fully saturated rings. The van der Waals surface area contributed by atoms with Gasteiger partial charge in [0.2, 0.25) is 10.0 Å². The molecule has 3 aromatic rings. The van der Waals surface area contributed by atoms with E-state index in [0.717, 1.165) is 5.39 Å². The Kier molecular flexibility index (Phi) is 3.44. The predicted molar refractivity (Wildman–Crippen MR) is 79.0 cm³/mol. The zero-order chi connectivity index (χ0) is 14.9. The Bertz CT molecular complexity index is 854. The third-order valence-electron chi connectivity index (χ3n) is 3.26. The zero-order valence-corrected chi connectivity index (χ0v) is 12.2. The molecule has 108 valence electrons. The summed E-state index contributed by atoms with van der Waals surface area (Å²) < 4.78 is 26.8. The maximum absolute atomic E-state index is 12.7. The number of hydrogen-bond donors (Lipinski definition) is 1. The number of sulfonamides is 1. The highest BCUT2D eigenvalue weighted by molar-refractivity contribution is 7.89. The first-order chi connectivity index (χ1) is 10.1. The Balaban J connectivity index is 2.04. The van der Waals surface area contributed by atoms with Crippen LogP contribution in [0.15, 0.2) is 53.9 Å². The minimum atomic E-state index is -3.60. The molecule has 0 aliphatic carbocycles. The van der Waals surface area contributed by atoms with Crippen LogP contribution in [0.5, 0.6) is 0 Å². The molecule has 2 heterocycles. The largest absolute Gasteiger partial charge is 0.347 e. The van der Waals surface area contributed by atoms with Crippen molar-refractivity contribution in [2.45, 2.75) is 11.4 Å². The number of fused-ring (bicyclic) bond motifs is 1. The van der Waals surface area contributed by atoms with Crippen LogP contribution < -0.4 is 0 Å². The van der Waals surface area contributed by atoms with Gasteiger partial charge in [-0.2, -0.15) is 4.31 Å². The van der Waals surface area contributed by atoms with Crippen molar-refractivity contribution < 1.29 is 8.42 Å². The number of hydrogen-bond acceptors (Lipinski definition) is 4. The lowest BCUT2D eigenvalue weighted by atomic mass is 10.2. The maximum atomic E-state index is 12.7. The summed E-state index contributed by atoms with van der Waals surface area (Å²) in [6.07, 6.45) is 6.51. The van der Waals surface area contributed by atoms with Crippen LogP contribution in [0.3, 0.4) is 0 Å². The third kappa shape index (κ3) is 2.53. The van der Waals surface area contributed by atoms with Crippen molar-refractivity contribution in [1.82, 2.24) is 19.3 Å². The van der Waals surface area contributed by atoms with Crippen molar-refractivity contribution in [3.8, 4) is 0 Å². The fraction of sp³-hybridized carbons (Fsp3) is 0.143. The lowest BCUT2D eigenvalue weighted by Crippen LogP contribution is -2.27.